The Kier molecular flexibility index (Phi) is 6.33. The molecule has 0 amide bonds. The Bertz CT molecular complexity index is 1180. The zero-order valence-corrected chi connectivity index (χ0v) is 18.7. The van der Waals surface area contributed by atoms with Gasteiger partial charge in [-0.05, 0) is 53.3 Å². The van der Waals surface area contributed by atoms with Gasteiger partial charge in [0.25, 0.3) is 0 Å². The van der Waals surface area contributed by atoms with Gasteiger partial charge in [-0.15, -0.1) is 0 Å². The van der Waals surface area contributed by atoms with E-state index in [1.807, 2.05) is 25.1 Å². The number of rotatable bonds is 6. The predicted octanol–water partition coefficient (Wildman–Crippen LogP) is 7.33. The highest BCUT2D eigenvalue weighted by molar-refractivity contribution is 6.34. The van der Waals surface area contributed by atoms with E-state index in [-0.39, 0.29) is 23.4 Å². The van der Waals surface area contributed by atoms with Gasteiger partial charge in [-0.25, -0.2) is 0 Å². The maximum atomic E-state index is 13.1. The summed E-state index contributed by atoms with van der Waals surface area (Å²) in [6.07, 6.45) is 2.52. The smallest absolute Gasteiger partial charge is 0.164 e. The molecule has 0 bridgehead atoms. The van der Waals surface area contributed by atoms with Crippen LogP contribution in [0.5, 0.6) is 0 Å². The lowest BCUT2D eigenvalue weighted by Gasteiger charge is -2.17. The van der Waals surface area contributed by atoms with Crippen LogP contribution in [0.4, 0.5) is 5.69 Å². The molecule has 0 N–H and O–H groups in total. The Hall–Kier alpha value is -2.78. The zero-order chi connectivity index (χ0) is 22.0. The third kappa shape index (κ3) is 4.47. The third-order valence-corrected chi connectivity index (χ3v) is 6.64. The summed E-state index contributed by atoms with van der Waals surface area (Å²) >= 11 is 6.49. The number of Topliss-reactive ketones (excluding diaryl/α,β-unsaturated/α-hetero) is 2. The number of carbonyl (C=O) groups excluding carboxylic acids is 2. The first-order valence-corrected chi connectivity index (χ1v) is 11.3. The Morgan fingerprint density at radius 2 is 1.87 bits per heavy atom. The minimum Gasteiger partial charge on any atom is -0.299 e. The van der Waals surface area contributed by atoms with Gasteiger partial charge < -0.3 is 0 Å². The van der Waals surface area contributed by atoms with Crippen LogP contribution >= 0.6 is 11.6 Å². The van der Waals surface area contributed by atoms with Crippen molar-refractivity contribution in [3.8, 4) is 0 Å². The quantitative estimate of drug-likeness (QED) is 0.383. The van der Waals surface area contributed by atoms with Gasteiger partial charge in [-0.3, -0.25) is 14.6 Å². The van der Waals surface area contributed by atoms with E-state index in [4.69, 9.17) is 11.6 Å². The fourth-order valence-electron chi connectivity index (χ4n) is 4.40. The number of fused-ring (bicyclic) bond motifs is 1. The van der Waals surface area contributed by atoms with Gasteiger partial charge in [0.1, 0.15) is 5.78 Å². The Labute approximate surface area is 188 Å². The maximum Gasteiger partial charge on any atom is 0.164 e. The summed E-state index contributed by atoms with van der Waals surface area (Å²) in [6, 6.07) is 19.9. The fraction of sp³-hybridized carbons (Fsp3) is 0.296. The number of carbonyl (C=O) groups is 2. The van der Waals surface area contributed by atoms with Crippen LogP contribution in [-0.2, 0) is 4.79 Å². The van der Waals surface area contributed by atoms with E-state index < -0.39 is 0 Å². The first kappa shape index (κ1) is 21.5. The maximum absolute atomic E-state index is 13.1. The Morgan fingerprint density at radius 1 is 1.10 bits per heavy atom. The summed E-state index contributed by atoms with van der Waals surface area (Å²) in [7, 11) is 0. The minimum atomic E-state index is -0.133. The molecule has 1 fully saturated rings. The molecule has 3 aromatic carbocycles. The molecule has 1 saturated carbocycles. The van der Waals surface area contributed by atoms with Crippen molar-refractivity contribution >= 4 is 45.3 Å². The van der Waals surface area contributed by atoms with Crippen LogP contribution in [0.2, 0.25) is 5.02 Å². The van der Waals surface area contributed by atoms with Crippen molar-refractivity contribution in [1.29, 1.82) is 0 Å². The van der Waals surface area contributed by atoms with Gasteiger partial charge in [0.05, 0.1) is 16.6 Å². The molecule has 158 valence electrons. The first-order chi connectivity index (χ1) is 15.0. The monoisotopic (exact) mass is 431 g/mol. The zero-order valence-electron chi connectivity index (χ0n) is 17.9. The van der Waals surface area contributed by atoms with Gasteiger partial charge >= 0.3 is 0 Å². The molecular weight excluding hydrogens is 406 g/mol. The number of hydrogen-bond donors (Lipinski definition) is 0. The molecule has 3 aromatic rings. The molecule has 1 aliphatic rings. The molecule has 0 aromatic heterocycles. The summed E-state index contributed by atoms with van der Waals surface area (Å²) in [4.78, 5) is 29.5. The summed E-state index contributed by atoms with van der Waals surface area (Å²) in [6.45, 7) is 4.01. The van der Waals surface area contributed by atoms with E-state index in [2.05, 4.69) is 42.2 Å². The van der Waals surface area contributed by atoms with E-state index in [0.29, 0.717) is 35.5 Å². The number of nitrogens with zero attached hydrogens (tertiary/aromatic N) is 1. The summed E-state index contributed by atoms with van der Waals surface area (Å²) in [5, 5.41) is 2.80. The van der Waals surface area contributed by atoms with Crippen LogP contribution in [0.15, 0.2) is 65.7 Å². The highest BCUT2D eigenvalue weighted by atomic mass is 35.5. The van der Waals surface area contributed by atoms with Gasteiger partial charge in [-0.1, -0.05) is 67.9 Å². The second-order valence-electron chi connectivity index (χ2n) is 8.26. The second kappa shape index (κ2) is 9.15. The molecule has 3 nitrogen and oxygen atoms in total. The molecule has 0 heterocycles. The van der Waals surface area contributed by atoms with Crippen LogP contribution in [0.3, 0.4) is 0 Å². The lowest BCUT2D eigenvalue weighted by Crippen LogP contribution is -2.09. The van der Waals surface area contributed by atoms with Gasteiger partial charge in [0.2, 0.25) is 0 Å². The molecule has 4 heteroatoms. The highest BCUT2D eigenvalue weighted by Gasteiger charge is 2.26. The van der Waals surface area contributed by atoms with Crippen LogP contribution in [0.1, 0.15) is 61.4 Å². The van der Waals surface area contributed by atoms with Crippen molar-refractivity contribution in [2.45, 2.75) is 45.4 Å². The van der Waals surface area contributed by atoms with Crippen molar-refractivity contribution < 1.29 is 9.59 Å². The second-order valence-corrected chi connectivity index (χ2v) is 8.66. The predicted molar refractivity (Wildman–Crippen MR) is 128 cm³/mol. The van der Waals surface area contributed by atoms with Crippen molar-refractivity contribution in [1.82, 2.24) is 0 Å². The molecular formula is C27H26ClNO2. The standard InChI is InChI=1S/C27H26ClNO2/c1-3-18(21-10-6-8-19-7-4-5-9-22(19)21)15-27(31)23-12-11-20(16-24(23)28)29-25-13-14-26(30)17(25)2/h4-12,16-18H,3,13-15H2,1-2H3. The lowest BCUT2D eigenvalue weighted by atomic mass is 9.86. The molecule has 4 rings (SSSR count). The fourth-order valence-corrected chi connectivity index (χ4v) is 4.68. The van der Waals surface area contributed by atoms with Crippen molar-refractivity contribution in [3.63, 3.8) is 0 Å². The average Bonchev–Trinajstić information content (AvgIpc) is 3.09. The lowest BCUT2D eigenvalue weighted by molar-refractivity contribution is -0.119. The Morgan fingerprint density at radius 3 is 2.58 bits per heavy atom. The topological polar surface area (TPSA) is 46.5 Å². The van der Waals surface area contributed by atoms with Crippen molar-refractivity contribution in [2.24, 2.45) is 10.9 Å². The van der Waals surface area contributed by atoms with Crippen LogP contribution < -0.4 is 0 Å². The molecule has 2 atom stereocenters. The van der Waals surface area contributed by atoms with Gasteiger partial charge in [0, 0.05) is 24.1 Å². The molecule has 0 spiro atoms. The summed E-state index contributed by atoms with van der Waals surface area (Å²) < 4.78 is 0. The number of benzene rings is 3. The van der Waals surface area contributed by atoms with E-state index >= 15 is 0 Å². The van der Waals surface area contributed by atoms with E-state index in [1.54, 1.807) is 12.1 Å². The molecule has 0 saturated heterocycles. The molecule has 0 aliphatic heterocycles. The summed E-state index contributed by atoms with van der Waals surface area (Å²) in [5.74, 6) is 0.259. The SMILES string of the molecule is CCC(CC(=O)c1ccc(N=C2CCC(=O)C2C)cc1Cl)c1cccc2ccccc12. The first-order valence-electron chi connectivity index (χ1n) is 10.9. The largest absolute Gasteiger partial charge is 0.299 e. The molecule has 0 radical (unpaired) electrons. The van der Waals surface area contributed by atoms with Crippen LogP contribution in [-0.4, -0.2) is 17.3 Å². The van der Waals surface area contributed by atoms with E-state index in [9.17, 15) is 9.59 Å². The van der Waals surface area contributed by atoms with Gasteiger partial charge in [-0.2, -0.15) is 0 Å². The van der Waals surface area contributed by atoms with Crippen LogP contribution in [0.25, 0.3) is 10.8 Å². The van der Waals surface area contributed by atoms with E-state index in [1.165, 1.54) is 16.3 Å². The number of hydrogen-bond acceptors (Lipinski definition) is 3. The molecule has 1 aliphatic carbocycles. The van der Waals surface area contributed by atoms with E-state index in [0.717, 1.165) is 12.1 Å². The number of aliphatic imine (C=N–C) groups is 1. The van der Waals surface area contributed by atoms with Crippen LogP contribution in [0, 0.1) is 5.92 Å². The molecule has 31 heavy (non-hydrogen) atoms. The molecule has 2 unspecified atom stereocenters. The Balaban J connectivity index is 1.56. The van der Waals surface area contributed by atoms with Gasteiger partial charge in [0.15, 0.2) is 5.78 Å². The minimum absolute atomic E-state index is 0.0356. The van der Waals surface area contributed by atoms with Crippen molar-refractivity contribution in [3.05, 3.63) is 76.8 Å². The highest BCUT2D eigenvalue weighted by Crippen LogP contribution is 2.33. The third-order valence-electron chi connectivity index (χ3n) is 6.32. The van der Waals surface area contributed by atoms with Crippen molar-refractivity contribution in [2.75, 3.05) is 0 Å². The number of halogens is 1. The normalized spacial score (nSPS) is 18.6. The summed E-state index contributed by atoms with van der Waals surface area (Å²) in [5.41, 5.74) is 3.31. The average molecular weight is 432 g/mol. The number of ketones is 2.